The van der Waals surface area contributed by atoms with Crippen LogP contribution in [0.3, 0.4) is 0 Å². The van der Waals surface area contributed by atoms with Gasteiger partial charge in [0.15, 0.2) is 5.96 Å². The first-order chi connectivity index (χ1) is 9.61. The minimum atomic E-state index is 0. The summed E-state index contributed by atoms with van der Waals surface area (Å²) < 4.78 is 0. The van der Waals surface area contributed by atoms with E-state index in [0.717, 1.165) is 30.9 Å². The Morgan fingerprint density at radius 1 is 1.29 bits per heavy atom. The highest BCUT2D eigenvalue weighted by molar-refractivity contribution is 14.0. The van der Waals surface area contributed by atoms with Crippen molar-refractivity contribution in [1.29, 1.82) is 0 Å². The zero-order valence-electron chi connectivity index (χ0n) is 14.3. The van der Waals surface area contributed by atoms with Crippen molar-refractivity contribution in [2.24, 2.45) is 16.8 Å². The highest BCUT2D eigenvalue weighted by Crippen LogP contribution is 2.13. The Bertz CT molecular complexity index is 281. The number of unbranched alkanes of at least 4 members (excludes halogenated alkanes) is 1. The SMILES string of the molecule is CN=C(NCCCCC(C)C)NCC1CCCN(C)C1.I. The molecule has 0 saturated carbocycles. The second kappa shape index (κ2) is 12.5. The van der Waals surface area contributed by atoms with Crippen molar-refractivity contribution in [3.05, 3.63) is 0 Å². The van der Waals surface area contributed by atoms with Crippen molar-refractivity contribution >= 4 is 29.9 Å². The van der Waals surface area contributed by atoms with Crippen LogP contribution in [0.1, 0.15) is 46.0 Å². The predicted molar refractivity (Wildman–Crippen MR) is 104 cm³/mol. The van der Waals surface area contributed by atoms with Crippen LogP contribution < -0.4 is 10.6 Å². The number of aliphatic imine (C=N–C) groups is 1. The van der Waals surface area contributed by atoms with Crippen LogP contribution in [0.15, 0.2) is 4.99 Å². The molecule has 0 aromatic carbocycles. The predicted octanol–water partition coefficient (Wildman–Crippen LogP) is 2.94. The first kappa shape index (κ1) is 21.0. The second-order valence-corrected chi connectivity index (χ2v) is 6.54. The summed E-state index contributed by atoms with van der Waals surface area (Å²) in [7, 11) is 4.07. The number of halogens is 1. The normalized spacial score (nSPS) is 20.2. The number of hydrogen-bond donors (Lipinski definition) is 2. The zero-order valence-corrected chi connectivity index (χ0v) is 16.7. The van der Waals surface area contributed by atoms with Crippen LogP contribution in [-0.4, -0.2) is 51.1 Å². The van der Waals surface area contributed by atoms with Gasteiger partial charge in [-0.25, -0.2) is 0 Å². The third-order valence-electron chi connectivity index (χ3n) is 4.00. The molecule has 1 unspecified atom stereocenters. The smallest absolute Gasteiger partial charge is 0.190 e. The Kier molecular flexibility index (Phi) is 12.5. The number of piperidine rings is 1. The van der Waals surface area contributed by atoms with Gasteiger partial charge in [0.1, 0.15) is 0 Å². The van der Waals surface area contributed by atoms with E-state index in [-0.39, 0.29) is 24.0 Å². The zero-order chi connectivity index (χ0) is 14.8. The van der Waals surface area contributed by atoms with Crippen LogP contribution >= 0.6 is 24.0 Å². The monoisotopic (exact) mass is 410 g/mol. The Morgan fingerprint density at radius 3 is 2.67 bits per heavy atom. The summed E-state index contributed by atoms with van der Waals surface area (Å²) in [6.07, 6.45) is 6.51. The Labute approximate surface area is 148 Å². The molecule has 0 spiro atoms. The average Bonchev–Trinajstić information content (AvgIpc) is 2.41. The van der Waals surface area contributed by atoms with Gasteiger partial charge < -0.3 is 15.5 Å². The molecule has 0 aromatic heterocycles. The molecular weight excluding hydrogens is 375 g/mol. The highest BCUT2D eigenvalue weighted by atomic mass is 127. The van der Waals surface area contributed by atoms with Gasteiger partial charge in [0, 0.05) is 26.7 Å². The lowest BCUT2D eigenvalue weighted by atomic mass is 9.99. The Balaban J connectivity index is 0.00000400. The fraction of sp³-hybridized carbons (Fsp3) is 0.938. The molecule has 21 heavy (non-hydrogen) atoms. The van der Waals surface area contributed by atoms with Gasteiger partial charge in [-0.15, -0.1) is 24.0 Å². The van der Waals surface area contributed by atoms with Crippen LogP contribution in [0, 0.1) is 11.8 Å². The number of guanidine groups is 1. The summed E-state index contributed by atoms with van der Waals surface area (Å²) in [6.45, 7) is 9.09. The van der Waals surface area contributed by atoms with Crippen molar-refractivity contribution in [3.63, 3.8) is 0 Å². The summed E-state index contributed by atoms with van der Waals surface area (Å²) in [6, 6.07) is 0. The third kappa shape index (κ3) is 10.3. The first-order valence-electron chi connectivity index (χ1n) is 8.25. The number of rotatable bonds is 7. The van der Waals surface area contributed by atoms with Gasteiger partial charge in [-0.05, 0) is 44.7 Å². The molecule has 2 N–H and O–H groups in total. The van der Waals surface area contributed by atoms with Gasteiger partial charge in [-0.1, -0.05) is 26.7 Å². The molecule has 5 heteroatoms. The van der Waals surface area contributed by atoms with E-state index in [4.69, 9.17) is 0 Å². The molecule has 0 amide bonds. The molecule has 1 saturated heterocycles. The van der Waals surface area contributed by atoms with Crippen molar-refractivity contribution in [3.8, 4) is 0 Å². The van der Waals surface area contributed by atoms with Crippen molar-refractivity contribution in [2.45, 2.75) is 46.0 Å². The van der Waals surface area contributed by atoms with Crippen LogP contribution in [-0.2, 0) is 0 Å². The summed E-state index contributed by atoms with van der Waals surface area (Å²) in [5, 5.41) is 6.89. The van der Waals surface area contributed by atoms with Crippen LogP contribution in [0.2, 0.25) is 0 Å². The van der Waals surface area contributed by atoms with Crippen molar-refractivity contribution < 1.29 is 0 Å². The summed E-state index contributed by atoms with van der Waals surface area (Å²) in [5.41, 5.74) is 0. The van der Waals surface area contributed by atoms with E-state index in [1.165, 1.54) is 45.2 Å². The summed E-state index contributed by atoms with van der Waals surface area (Å²) >= 11 is 0. The van der Waals surface area contributed by atoms with Crippen molar-refractivity contribution in [1.82, 2.24) is 15.5 Å². The lowest BCUT2D eigenvalue weighted by molar-refractivity contribution is 0.210. The standard InChI is InChI=1S/C16H34N4.HI/c1-14(2)8-5-6-10-18-16(17-3)19-12-15-9-7-11-20(4)13-15;/h14-15H,5-13H2,1-4H3,(H2,17,18,19);1H. The minimum Gasteiger partial charge on any atom is -0.356 e. The van der Waals surface area contributed by atoms with Crippen LogP contribution in [0.5, 0.6) is 0 Å². The molecule has 1 rings (SSSR count). The van der Waals surface area contributed by atoms with E-state index in [1.54, 1.807) is 0 Å². The van der Waals surface area contributed by atoms with Gasteiger partial charge in [-0.2, -0.15) is 0 Å². The van der Waals surface area contributed by atoms with Gasteiger partial charge in [0.25, 0.3) is 0 Å². The van der Waals surface area contributed by atoms with Gasteiger partial charge in [0.2, 0.25) is 0 Å². The maximum Gasteiger partial charge on any atom is 0.190 e. The lowest BCUT2D eigenvalue weighted by Crippen LogP contribution is -2.43. The van der Waals surface area contributed by atoms with Crippen molar-refractivity contribution in [2.75, 3.05) is 40.3 Å². The van der Waals surface area contributed by atoms with E-state index < -0.39 is 0 Å². The molecule has 1 atom stereocenters. The minimum absolute atomic E-state index is 0. The molecule has 1 aliphatic heterocycles. The Hall–Kier alpha value is -0.0400. The van der Waals surface area contributed by atoms with E-state index in [2.05, 4.69) is 41.4 Å². The van der Waals surface area contributed by atoms with Crippen LogP contribution in [0.4, 0.5) is 0 Å². The largest absolute Gasteiger partial charge is 0.356 e. The van der Waals surface area contributed by atoms with Gasteiger partial charge in [0.05, 0.1) is 0 Å². The molecular formula is C16H35IN4. The second-order valence-electron chi connectivity index (χ2n) is 6.54. The molecule has 1 heterocycles. The molecule has 0 aromatic rings. The average molecular weight is 410 g/mol. The fourth-order valence-corrected chi connectivity index (χ4v) is 2.79. The molecule has 1 fully saturated rings. The Morgan fingerprint density at radius 2 is 2.05 bits per heavy atom. The first-order valence-corrected chi connectivity index (χ1v) is 8.25. The topological polar surface area (TPSA) is 39.7 Å². The van der Waals surface area contributed by atoms with Gasteiger partial charge >= 0.3 is 0 Å². The highest BCUT2D eigenvalue weighted by Gasteiger charge is 2.16. The number of nitrogens with one attached hydrogen (secondary N) is 2. The molecule has 1 aliphatic rings. The maximum atomic E-state index is 4.31. The third-order valence-corrected chi connectivity index (χ3v) is 4.00. The molecule has 4 nitrogen and oxygen atoms in total. The fourth-order valence-electron chi connectivity index (χ4n) is 2.79. The van der Waals surface area contributed by atoms with E-state index in [0.29, 0.717) is 0 Å². The summed E-state index contributed by atoms with van der Waals surface area (Å²) in [4.78, 5) is 6.73. The number of likely N-dealkylation sites (tertiary alicyclic amines) is 1. The molecule has 0 radical (unpaired) electrons. The number of hydrogen-bond acceptors (Lipinski definition) is 2. The molecule has 0 bridgehead atoms. The maximum absolute atomic E-state index is 4.31. The summed E-state index contributed by atoms with van der Waals surface area (Å²) in [5.74, 6) is 2.53. The molecule has 0 aliphatic carbocycles. The lowest BCUT2D eigenvalue weighted by Gasteiger charge is -2.30. The van der Waals surface area contributed by atoms with Crippen LogP contribution in [0.25, 0.3) is 0 Å². The number of nitrogens with zero attached hydrogens (tertiary/aromatic N) is 2. The van der Waals surface area contributed by atoms with E-state index >= 15 is 0 Å². The van der Waals surface area contributed by atoms with E-state index in [1.807, 2.05) is 7.05 Å². The molecule has 126 valence electrons. The van der Waals surface area contributed by atoms with Gasteiger partial charge in [-0.3, -0.25) is 4.99 Å². The quantitative estimate of drug-likeness (QED) is 0.294. The van der Waals surface area contributed by atoms with E-state index in [9.17, 15) is 0 Å².